The van der Waals surface area contributed by atoms with Gasteiger partial charge in [0.15, 0.2) is 10.9 Å². The maximum absolute atomic E-state index is 12.7. The molecular weight excluding hydrogens is 402 g/mol. The van der Waals surface area contributed by atoms with Crippen molar-refractivity contribution in [3.05, 3.63) is 29.8 Å². The van der Waals surface area contributed by atoms with Gasteiger partial charge in [0.25, 0.3) is 0 Å². The molecule has 1 aliphatic heterocycles. The summed E-state index contributed by atoms with van der Waals surface area (Å²) in [6.07, 6.45) is 0.417. The fraction of sp³-hybridized carbons (Fsp3) is 0.524. The molecule has 162 valence electrons. The fourth-order valence-corrected chi connectivity index (χ4v) is 3.95. The summed E-state index contributed by atoms with van der Waals surface area (Å²) in [6, 6.07) is 6.99. The first-order valence-electron chi connectivity index (χ1n) is 10.3. The van der Waals surface area contributed by atoms with Crippen molar-refractivity contribution in [3.8, 4) is 0 Å². The molecule has 0 spiro atoms. The van der Waals surface area contributed by atoms with Crippen molar-refractivity contribution in [3.63, 3.8) is 0 Å². The number of benzene rings is 1. The molecule has 1 amide bonds. The monoisotopic (exact) mass is 431 g/mol. The van der Waals surface area contributed by atoms with Crippen molar-refractivity contribution in [2.75, 3.05) is 42.3 Å². The first kappa shape index (κ1) is 22.3. The summed E-state index contributed by atoms with van der Waals surface area (Å²) >= 11 is 1.41. The molecule has 1 saturated heterocycles. The molecule has 1 aromatic carbocycles. The summed E-state index contributed by atoms with van der Waals surface area (Å²) < 4.78 is 7.55. The molecule has 0 unspecified atom stereocenters. The predicted octanol–water partition coefficient (Wildman–Crippen LogP) is 3.09. The van der Waals surface area contributed by atoms with Crippen LogP contribution in [0.5, 0.6) is 0 Å². The number of hydrogen-bond donors (Lipinski definition) is 1. The number of ketones is 1. The molecule has 1 aromatic heterocycles. The molecule has 9 heteroatoms. The molecular formula is C21H29N5O3S. The van der Waals surface area contributed by atoms with Crippen LogP contribution >= 0.6 is 11.8 Å². The van der Waals surface area contributed by atoms with E-state index >= 15 is 0 Å². The Labute approximate surface area is 181 Å². The van der Waals surface area contributed by atoms with Crippen LogP contribution in [-0.4, -0.2) is 58.5 Å². The number of rotatable bonds is 9. The molecule has 30 heavy (non-hydrogen) atoms. The second-order valence-electron chi connectivity index (χ2n) is 7.58. The second kappa shape index (κ2) is 10.6. The maximum Gasteiger partial charge on any atom is 0.228 e. The quantitative estimate of drug-likeness (QED) is 0.482. The van der Waals surface area contributed by atoms with E-state index in [-0.39, 0.29) is 17.4 Å². The van der Waals surface area contributed by atoms with Crippen LogP contribution in [0.3, 0.4) is 0 Å². The van der Waals surface area contributed by atoms with Gasteiger partial charge in [-0.05, 0) is 30.2 Å². The van der Waals surface area contributed by atoms with Gasteiger partial charge in [-0.1, -0.05) is 32.5 Å². The number of nitrogens with zero attached hydrogens (tertiary/aromatic N) is 4. The minimum Gasteiger partial charge on any atom is -0.378 e. The highest BCUT2D eigenvalue weighted by molar-refractivity contribution is 7.99. The lowest BCUT2D eigenvalue weighted by molar-refractivity contribution is -0.115. The van der Waals surface area contributed by atoms with E-state index in [0.717, 1.165) is 30.7 Å². The number of hydrogen-bond acceptors (Lipinski definition) is 7. The number of morpholine rings is 1. The van der Waals surface area contributed by atoms with Gasteiger partial charge in [0.2, 0.25) is 11.9 Å². The first-order chi connectivity index (χ1) is 14.5. The van der Waals surface area contributed by atoms with Crippen molar-refractivity contribution in [1.82, 2.24) is 14.8 Å². The average molecular weight is 432 g/mol. The summed E-state index contributed by atoms with van der Waals surface area (Å²) in [5.74, 6) is 1.52. The molecule has 1 fully saturated rings. The number of carbonyl (C=O) groups excluding carboxylic acids is 2. The number of aromatic nitrogens is 3. The van der Waals surface area contributed by atoms with Gasteiger partial charge in [0.05, 0.1) is 19.0 Å². The lowest BCUT2D eigenvalue weighted by Gasteiger charge is -2.28. The minimum absolute atomic E-state index is 0.0142. The van der Waals surface area contributed by atoms with Crippen LogP contribution in [0.15, 0.2) is 29.4 Å². The molecule has 3 rings (SSSR count). The highest BCUT2D eigenvalue weighted by Gasteiger charge is 2.22. The van der Waals surface area contributed by atoms with Crippen LogP contribution in [0.1, 0.15) is 37.6 Å². The second-order valence-corrected chi connectivity index (χ2v) is 8.52. The zero-order chi connectivity index (χ0) is 21.5. The van der Waals surface area contributed by atoms with Gasteiger partial charge in [-0.2, -0.15) is 0 Å². The topological polar surface area (TPSA) is 89.3 Å². The molecule has 0 radical (unpaired) electrons. The standard InChI is InChI=1S/C21H29N5O3S/c1-4-19(28)22-17-7-5-16(6-8-17)18(27)14-30-21-24-23-20(26(21)13-15(2)3)25-9-11-29-12-10-25/h5-8,15H,4,9-14H2,1-3H3,(H,22,28). The maximum atomic E-state index is 12.7. The van der Waals surface area contributed by atoms with Crippen LogP contribution in [0.25, 0.3) is 0 Å². The minimum atomic E-state index is -0.0507. The SMILES string of the molecule is CCC(=O)Nc1ccc(C(=O)CSc2nnc(N3CCOCC3)n2CC(C)C)cc1. The van der Waals surface area contributed by atoms with Gasteiger partial charge in [0, 0.05) is 37.3 Å². The molecule has 1 N–H and O–H groups in total. The Hall–Kier alpha value is -2.39. The summed E-state index contributed by atoms with van der Waals surface area (Å²) in [4.78, 5) is 26.3. The van der Waals surface area contributed by atoms with E-state index in [4.69, 9.17) is 4.74 Å². The van der Waals surface area contributed by atoms with Gasteiger partial charge >= 0.3 is 0 Å². The Morgan fingerprint density at radius 1 is 1.17 bits per heavy atom. The summed E-state index contributed by atoms with van der Waals surface area (Å²) in [7, 11) is 0. The third-order valence-electron chi connectivity index (χ3n) is 4.68. The summed E-state index contributed by atoms with van der Waals surface area (Å²) in [6.45, 7) is 9.86. The molecule has 1 aliphatic rings. The summed E-state index contributed by atoms with van der Waals surface area (Å²) in [5.41, 5.74) is 1.30. The zero-order valence-electron chi connectivity index (χ0n) is 17.8. The molecule has 2 heterocycles. The van der Waals surface area contributed by atoms with Crippen molar-refractivity contribution < 1.29 is 14.3 Å². The highest BCUT2D eigenvalue weighted by atomic mass is 32.2. The lowest BCUT2D eigenvalue weighted by atomic mass is 10.1. The smallest absolute Gasteiger partial charge is 0.228 e. The molecule has 0 atom stereocenters. The number of amides is 1. The fourth-order valence-electron chi connectivity index (χ4n) is 3.11. The van der Waals surface area contributed by atoms with E-state index in [9.17, 15) is 9.59 Å². The van der Waals surface area contributed by atoms with Gasteiger partial charge in [-0.3, -0.25) is 14.2 Å². The van der Waals surface area contributed by atoms with Crippen LogP contribution in [0.4, 0.5) is 11.6 Å². The molecule has 0 aliphatic carbocycles. The van der Waals surface area contributed by atoms with Gasteiger partial charge in [-0.15, -0.1) is 10.2 Å². The first-order valence-corrected chi connectivity index (χ1v) is 11.3. The van der Waals surface area contributed by atoms with Crippen molar-refractivity contribution >= 4 is 35.1 Å². The van der Waals surface area contributed by atoms with Crippen molar-refractivity contribution in [1.29, 1.82) is 0 Å². The third kappa shape index (κ3) is 5.82. The number of anilines is 2. The number of ether oxygens (including phenoxy) is 1. The van der Waals surface area contributed by atoms with E-state index in [1.54, 1.807) is 31.2 Å². The van der Waals surface area contributed by atoms with E-state index in [1.165, 1.54) is 11.8 Å². The number of carbonyl (C=O) groups is 2. The molecule has 0 bridgehead atoms. The Bertz CT molecular complexity index is 860. The van der Waals surface area contributed by atoms with Crippen LogP contribution in [0.2, 0.25) is 0 Å². The Balaban J connectivity index is 1.66. The number of nitrogens with one attached hydrogen (secondary N) is 1. The number of Topliss-reactive ketones (excluding diaryl/α,β-unsaturated/α-hetero) is 1. The largest absolute Gasteiger partial charge is 0.378 e. The van der Waals surface area contributed by atoms with Gasteiger partial charge in [-0.25, -0.2) is 0 Å². The van der Waals surface area contributed by atoms with E-state index in [2.05, 4.69) is 38.8 Å². The van der Waals surface area contributed by atoms with Gasteiger partial charge in [0.1, 0.15) is 0 Å². The van der Waals surface area contributed by atoms with E-state index < -0.39 is 0 Å². The zero-order valence-corrected chi connectivity index (χ0v) is 18.6. The highest BCUT2D eigenvalue weighted by Crippen LogP contribution is 2.25. The molecule has 0 saturated carbocycles. The Morgan fingerprint density at radius 2 is 1.87 bits per heavy atom. The normalized spacial score (nSPS) is 14.2. The molecule has 2 aromatic rings. The van der Waals surface area contributed by atoms with Crippen LogP contribution in [-0.2, 0) is 16.1 Å². The Kier molecular flexibility index (Phi) is 7.87. The van der Waals surface area contributed by atoms with Crippen molar-refractivity contribution in [2.45, 2.75) is 38.9 Å². The van der Waals surface area contributed by atoms with Crippen molar-refractivity contribution in [2.24, 2.45) is 5.92 Å². The lowest BCUT2D eigenvalue weighted by Crippen LogP contribution is -2.38. The predicted molar refractivity (Wildman–Crippen MR) is 118 cm³/mol. The summed E-state index contributed by atoms with van der Waals surface area (Å²) in [5, 5.41) is 12.3. The van der Waals surface area contributed by atoms with Crippen LogP contribution in [0, 0.1) is 5.92 Å². The van der Waals surface area contributed by atoms with E-state index in [1.807, 2.05) is 0 Å². The average Bonchev–Trinajstić information content (AvgIpc) is 3.14. The Morgan fingerprint density at radius 3 is 2.50 bits per heavy atom. The van der Waals surface area contributed by atoms with Crippen LogP contribution < -0.4 is 10.2 Å². The van der Waals surface area contributed by atoms with Gasteiger partial charge < -0.3 is 15.0 Å². The third-order valence-corrected chi connectivity index (χ3v) is 5.65. The molecule has 8 nitrogen and oxygen atoms in total. The number of thioether (sulfide) groups is 1. The van der Waals surface area contributed by atoms with E-state index in [0.29, 0.717) is 36.8 Å².